The number of anilines is 1. The highest BCUT2D eigenvalue weighted by atomic mass is 19.2. The second-order valence-electron chi connectivity index (χ2n) is 4.84. The zero-order valence-corrected chi connectivity index (χ0v) is 12.5. The summed E-state index contributed by atoms with van der Waals surface area (Å²) in [6, 6.07) is 10.7. The first-order valence-electron chi connectivity index (χ1n) is 6.96. The number of hydrogen-bond donors (Lipinski definition) is 0. The van der Waals surface area contributed by atoms with Gasteiger partial charge in [-0.25, -0.2) is 8.78 Å². The fourth-order valence-corrected chi connectivity index (χ4v) is 2.09. The SMILES string of the molecule is CCN(C(=O)COc1ccc(F)c(F)c1)c1cccc(C)c1. The van der Waals surface area contributed by atoms with Crippen molar-refractivity contribution in [1.82, 2.24) is 0 Å². The molecule has 0 aromatic heterocycles. The molecule has 22 heavy (non-hydrogen) atoms. The van der Waals surface area contributed by atoms with Crippen molar-refractivity contribution in [2.24, 2.45) is 0 Å². The van der Waals surface area contributed by atoms with E-state index < -0.39 is 11.6 Å². The summed E-state index contributed by atoms with van der Waals surface area (Å²) < 4.78 is 31.2. The van der Waals surface area contributed by atoms with Crippen LogP contribution in [0.1, 0.15) is 12.5 Å². The predicted octanol–water partition coefficient (Wildman–Crippen LogP) is 3.71. The molecule has 2 rings (SSSR count). The van der Waals surface area contributed by atoms with Crippen LogP contribution in [-0.4, -0.2) is 19.1 Å². The fourth-order valence-electron chi connectivity index (χ4n) is 2.09. The third-order valence-electron chi connectivity index (χ3n) is 3.18. The summed E-state index contributed by atoms with van der Waals surface area (Å²) in [5, 5.41) is 0. The van der Waals surface area contributed by atoms with Gasteiger partial charge >= 0.3 is 0 Å². The molecule has 2 aromatic carbocycles. The van der Waals surface area contributed by atoms with Gasteiger partial charge in [-0.3, -0.25) is 4.79 Å². The van der Waals surface area contributed by atoms with Gasteiger partial charge in [-0.2, -0.15) is 0 Å². The van der Waals surface area contributed by atoms with Gasteiger partial charge < -0.3 is 9.64 Å². The van der Waals surface area contributed by atoms with Gasteiger partial charge in [0.15, 0.2) is 18.2 Å². The number of ether oxygens (including phenoxy) is 1. The zero-order chi connectivity index (χ0) is 16.1. The van der Waals surface area contributed by atoms with Crippen LogP contribution in [0.2, 0.25) is 0 Å². The molecule has 1 amide bonds. The molecule has 0 aliphatic carbocycles. The molecular weight excluding hydrogens is 288 g/mol. The maximum absolute atomic E-state index is 13.1. The third-order valence-corrected chi connectivity index (χ3v) is 3.18. The van der Waals surface area contributed by atoms with Crippen LogP contribution >= 0.6 is 0 Å². The summed E-state index contributed by atoms with van der Waals surface area (Å²) in [6.45, 7) is 4.05. The van der Waals surface area contributed by atoms with E-state index in [-0.39, 0.29) is 18.3 Å². The average molecular weight is 305 g/mol. The number of aryl methyl sites for hydroxylation is 1. The van der Waals surface area contributed by atoms with Crippen molar-refractivity contribution in [2.45, 2.75) is 13.8 Å². The highest BCUT2D eigenvalue weighted by molar-refractivity contribution is 5.94. The predicted molar refractivity (Wildman–Crippen MR) is 81.1 cm³/mol. The summed E-state index contributed by atoms with van der Waals surface area (Å²) in [5.74, 6) is -2.09. The van der Waals surface area contributed by atoms with Crippen molar-refractivity contribution in [3.8, 4) is 5.75 Å². The minimum atomic E-state index is -1.00. The Bertz CT molecular complexity index is 673. The normalized spacial score (nSPS) is 10.4. The van der Waals surface area contributed by atoms with Crippen LogP contribution in [-0.2, 0) is 4.79 Å². The molecule has 0 saturated heterocycles. The Kier molecular flexibility index (Phi) is 5.09. The Balaban J connectivity index is 2.05. The van der Waals surface area contributed by atoms with E-state index in [1.54, 1.807) is 4.90 Å². The van der Waals surface area contributed by atoms with Gasteiger partial charge in [0.2, 0.25) is 0 Å². The number of likely N-dealkylation sites (N-methyl/N-ethyl adjacent to an activating group) is 1. The van der Waals surface area contributed by atoms with Gasteiger partial charge in [0, 0.05) is 18.3 Å². The van der Waals surface area contributed by atoms with E-state index in [4.69, 9.17) is 4.74 Å². The maximum atomic E-state index is 13.1. The van der Waals surface area contributed by atoms with Crippen molar-refractivity contribution >= 4 is 11.6 Å². The number of halogens is 2. The largest absolute Gasteiger partial charge is 0.484 e. The minimum absolute atomic E-state index is 0.118. The van der Waals surface area contributed by atoms with Gasteiger partial charge in [0.25, 0.3) is 5.91 Å². The van der Waals surface area contributed by atoms with Crippen molar-refractivity contribution in [3.63, 3.8) is 0 Å². The van der Waals surface area contributed by atoms with Crippen LogP contribution in [0.3, 0.4) is 0 Å². The topological polar surface area (TPSA) is 29.5 Å². The van der Waals surface area contributed by atoms with Crippen LogP contribution in [0.5, 0.6) is 5.75 Å². The van der Waals surface area contributed by atoms with E-state index in [0.29, 0.717) is 6.54 Å². The fraction of sp³-hybridized carbons (Fsp3) is 0.235. The lowest BCUT2D eigenvalue weighted by molar-refractivity contribution is -0.120. The summed E-state index contributed by atoms with van der Waals surface area (Å²) in [7, 11) is 0. The van der Waals surface area contributed by atoms with Crippen molar-refractivity contribution in [3.05, 3.63) is 59.7 Å². The van der Waals surface area contributed by atoms with E-state index in [0.717, 1.165) is 23.4 Å². The molecule has 0 fully saturated rings. The van der Waals surface area contributed by atoms with E-state index in [9.17, 15) is 13.6 Å². The molecule has 0 radical (unpaired) electrons. The smallest absolute Gasteiger partial charge is 0.264 e. The molecule has 0 saturated carbocycles. The van der Waals surface area contributed by atoms with Gasteiger partial charge in [0.05, 0.1) is 0 Å². The Labute approximate surface area is 128 Å². The molecule has 0 heterocycles. The summed E-state index contributed by atoms with van der Waals surface area (Å²) >= 11 is 0. The molecule has 0 aliphatic rings. The molecule has 0 bridgehead atoms. The number of amides is 1. The van der Waals surface area contributed by atoms with Gasteiger partial charge in [-0.1, -0.05) is 12.1 Å². The quantitative estimate of drug-likeness (QED) is 0.843. The Morgan fingerprint density at radius 3 is 2.55 bits per heavy atom. The molecule has 0 N–H and O–H groups in total. The lowest BCUT2D eigenvalue weighted by atomic mass is 10.2. The number of hydrogen-bond acceptors (Lipinski definition) is 2. The highest BCUT2D eigenvalue weighted by Crippen LogP contribution is 2.18. The molecule has 0 aliphatic heterocycles. The van der Waals surface area contributed by atoms with E-state index >= 15 is 0 Å². The second kappa shape index (κ2) is 7.02. The second-order valence-corrected chi connectivity index (χ2v) is 4.84. The first kappa shape index (κ1) is 15.9. The lowest BCUT2D eigenvalue weighted by Gasteiger charge is -2.21. The van der Waals surface area contributed by atoms with Crippen molar-refractivity contribution in [2.75, 3.05) is 18.1 Å². The van der Waals surface area contributed by atoms with E-state index in [2.05, 4.69) is 0 Å². The number of carbonyl (C=O) groups excluding carboxylic acids is 1. The van der Waals surface area contributed by atoms with Crippen LogP contribution in [0.4, 0.5) is 14.5 Å². The third kappa shape index (κ3) is 3.81. The minimum Gasteiger partial charge on any atom is -0.484 e. The zero-order valence-electron chi connectivity index (χ0n) is 12.5. The molecule has 0 unspecified atom stereocenters. The van der Waals surface area contributed by atoms with Gasteiger partial charge in [-0.05, 0) is 43.7 Å². The molecule has 0 atom stereocenters. The first-order valence-corrected chi connectivity index (χ1v) is 6.96. The number of benzene rings is 2. The molecule has 2 aromatic rings. The molecule has 0 spiro atoms. The van der Waals surface area contributed by atoms with Crippen molar-refractivity contribution < 1.29 is 18.3 Å². The monoisotopic (exact) mass is 305 g/mol. The van der Waals surface area contributed by atoms with Gasteiger partial charge in [-0.15, -0.1) is 0 Å². The number of rotatable bonds is 5. The summed E-state index contributed by atoms with van der Waals surface area (Å²) in [6.07, 6.45) is 0. The number of nitrogens with zero attached hydrogens (tertiary/aromatic N) is 1. The Hall–Kier alpha value is -2.43. The van der Waals surface area contributed by atoms with E-state index in [1.807, 2.05) is 38.1 Å². The lowest BCUT2D eigenvalue weighted by Crippen LogP contribution is -2.34. The maximum Gasteiger partial charge on any atom is 0.264 e. The highest BCUT2D eigenvalue weighted by Gasteiger charge is 2.15. The summed E-state index contributed by atoms with van der Waals surface area (Å²) in [4.78, 5) is 13.8. The molecule has 116 valence electrons. The Morgan fingerprint density at radius 1 is 1.14 bits per heavy atom. The van der Waals surface area contributed by atoms with Crippen LogP contribution in [0.25, 0.3) is 0 Å². The number of carbonyl (C=O) groups is 1. The molecule has 5 heteroatoms. The van der Waals surface area contributed by atoms with Gasteiger partial charge in [0.1, 0.15) is 5.75 Å². The summed E-state index contributed by atoms with van der Waals surface area (Å²) in [5.41, 5.74) is 1.83. The van der Waals surface area contributed by atoms with Crippen LogP contribution in [0, 0.1) is 18.6 Å². The van der Waals surface area contributed by atoms with Crippen LogP contribution < -0.4 is 9.64 Å². The van der Waals surface area contributed by atoms with Crippen LogP contribution in [0.15, 0.2) is 42.5 Å². The van der Waals surface area contributed by atoms with E-state index in [1.165, 1.54) is 6.07 Å². The van der Waals surface area contributed by atoms with Crippen molar-refractivity contribution in [1.29, 1.82) is 0 Å². The standard InChI is InChI=1S/C17H17F2NO2/c1-3-20(13-6-4-5-12(2)9-13)17(21)11-22-14-7-8-15(18)16(19)10-14/h4-10H,3,11H2,1-2H3. The molecule has 3 nitrogen and oxygen atoms in total. The Morgan fingerprint density at radius 2 is 1.91 bits per heavy atom. The molecular formula is C17H17F2NO2. The first-order chi connectivity index (χ1) is 10.5. The average Bonchev–Trinajstić information content (AvgIpc) is 2.49.